The van der Waals surface area contributed by atoms with Gasteiger partial charge in [0.05, 0.1) is 0 Å². The third kappa shape index (κ3) is 2.79. The third-order valence-corrected chi connectivity index (χ3v) is 3.77. The highest BCUT2D eigenvalue weighted by atomic mass is 19.1. The van der Waals surface area contributed by atoms with E-state index in [9.17, 15) is 18.8 Å². The van der Waals surface area contributed by atoms with Gasteiger partial charge in [-0.15, -0.1) is 0 Å². The summed E-state index contributed by atoms with van der Waals surface area (Å²) in [6, 6.07) is 4.08. The van der Waals surface area contributed by atoms with Gasteiger partial charge in [0.25, 0.3) is 0 Å². The number of hydrogen-bond donors (Lipinski definition) is 1. The summed E-state index contributed by atoms with van der Waals surface area (Å²) in [6.07, 6.45) is 0. The minimum absolute atomic E-state index is 0.0572. The van der Waals surface area contributed by atoms with Crippen LogP contribution in [0.3, 0.4) is 0 Å². The van der Waals surface area contributed by atoms with Crippen LogP contribution in [0.25, 0.3) is 0 Å². The Kier molecular flexibility index (Phi) is 4.06. The summed E-state index contributed by atoms with van der Waals surface area (Å²) in [6.45, 7) is 5.52. The van der Waals surface area contributed by atoms with Crippen LogP contribution in [-0.4, -0.2) is 28.8 Å². The number of amides is 4. The molecule has 2 unspecified atom stereocenters. The first-order chi connectivity index (χ1) is 9.82. The molecule has 0 aromatic heterocycles. The van der Waals surface area contributed by atoms with E-state index >= 15 is 0 Å². The van der Waals surface area contributed by atoms with Crippen molar-refractivity contribution in [1.82, 2.24) is 10.2 Å². The molecule has 5 nitrogen and oxygen atoms in total. The molecule has 1 aliphatic rings. The van der Waals surface area contributed by atoms with E-state index in [0.717, 1.165) is 4.90 Å². The van der Waals surface area contributed by atoms with Gasteiger partial charge in [-0.3, -0.25) is 19.8 Å². The van der Waals surface area contributed by atoms with Crippen molar-refractivity contribution in [1.29, 1.82) is 0 Å². The molecule has 0 bridgehead atoms. The molecule has 2 rings (SSSR count). The van der Waals surface area contributed by atoms with Gasteiger partial charge in [-0.2, -0.15) is 0 Å². The van der Waals surface area contributed by atoms with Crippen molar-refractivity contribution in [3.05, 3.63) is 35.6 Å². The normalized spacial score (nSPS) is 20.7. The molecule has 1 aromatic carbocycles. The second-order valence-corrected chi connectivity index (χ2v) is 5.47. The maximum absolute atomic E-state index is 13.0. The minimum Gasteiger partial charge on any atom is -0.277 e. The predicted octanol–water partition coefficient (Wildman–Crippen LogP) is 2.03. The second-order valence-electron chi connectivity index (χ2n) is 5.47. The molecular weight excluding hydrogens is 275 g/mol. The highest BCUT2D eigenvalue weighted by Gasteiger charge is 2.43. The molecule has 6 heteroatoms. The average molecular weight is 292 g/mol. The lowest BCUT2D eigenvalue weighted by Gasteiger charge is -2.36. The van der Waals surface area contributed by atoms with Crippen LogP contribution in [0, 0.1) is 11.7 Å². The molecule has 4 amide bonds. The van der Waals surface area contributed by atoms with Crippen LogP contribution in [0.2, 0.25) is 0 Å². The SMILES string of the molecule is CC(C)C(C)N1C(=O)NC(=O)C(c2ccc(F)cc2)C1=O. The summed E-state index contributed by atoms with van der Waals surface area (Å²) in [4.78, 5) is 37.5. The van der Waals surface area contributed by atoms with Gasteiger partial charge in [-0.05, 0) is 30.5 Å². The maximum atomic E-state index is 13.0. The Morgan fingerprint density at radius 1 is 1.10 bits per heavy atom. The molecule has 1 fully saturated rings. The highest BCUT2D eigenvalue weighted by molar-refractivity contribution is 6.19. The third-order valence-electron chi connectivity index (χ3n) is 3.77. The molecule has 1 heterocycles. The van der Waals surface area contributed by atoms with Crippen LogP contribution in [0.15, 0.2) is 24.3 Å². The second kappa shape index (κ2) is 5.63. The van der Waals surface area contributed by atoms with E-state index in [0.29, 0.717) is 5.56 Å². The molecule has 0 saturated carbocycles. The first kappa shape index (κ1) is 15.2. The molecular formula is C15H17FN2O3. The number of imide groups is 2. The molecule has 0 spiro atoms. The summed E-state index contributed by atoms with van der Waals surface area (Å²) in [5, 5.41) is 2.19. The summed E-state index contributed by atoms with van der Waals surface area (Å²) >= 11 is 0. The van der Waals surface area contributed by atoms with E-state index in [1.165, 1.54) is 24.3 Å². The number of rotatable bonds is 3. The first-order valence-electron chi connectivity index (χ1n) is 6.76. The van der Waals surface area contributed by atoms with E-state index in [2.05, 4.69) is 5.32 Å². The Morgan fingerprint density at radius 2 is 1.67 bits per heavy atom. The predicted molar refractivity (Wildman–Crippen MR) is 73.8 cm³/mol. The van der Waals surface area contributed by atoms with Gasteiger partial charge >= 0.3 is 6.03 Å². The van der Waals surface area contributed by atoms with E-state index in [4.69, 9.17) is 0 Å². The summed E-state index contributed by atoms with van der Waals surface area (Å²) in [7, 11) is 0. The van der Waals surface area contributed by atoms with Crippen LogP contribution >= 0.6 is 0 Å². The zero-order valence-corrected chi connectivity index (χ0v) is 12.1. The molecule has 112 valence electrons. The minimum atomic E-state index is -1.12. The zero-order valence-electron chi connectivity index (χ0n) is 12.1. The van der Waals surface area contributed by atoms with Crippen LogP contribution in [0.1, 0.15) is 32.3 Å². The van der Waals surface area contributed by atoms with Crippen molar-refractivity contribution in [3.8, 4) is 0 Å². The maximum Gasteiger partial charge on any atom is 0.331 e. The monoisotopic (exact) mass is 292 g/mol. The number of hydrogen-bond acceptors (Lipinski definition) is 3. The number of benzene rings is 1. The first-order valence-corrected chi connectivity index (χ1v) is 6.76. The highest BCUT2D eigenvalue weighted by Crippen LogP contribution is 2.25. The lowest BCUT2D eigenvalue weighted by atomic mass is 9.93. The number of barbiturate groups is 1. The fourth-order valence-corrected chi connectivity index (χ4v) is 2.22. The Morgan fingerprint density at radius 3 is 2.19 bits per heavy atom. The molecule has 21 heavy (non-hydrogen) atoms. The van der Waals surface area contributed by atoms with Crippen LogP contribution in [-0.2, 0) is 9.59 Å². The number of carbonyl (C=O) groups is 3. The van der Waals surface area contributed by atoms with Crippen molar-refractivity contribution in [2.75, 3.05) is 0 Å². The standard InChI is InChI=1S/C15H17FN2O3/c1-8(2)9(3)18-14(20)12(13(19)17-15(18)21)10-4-6-11(16)7-5-10/h4-9,12H,1-3H3,(H,17,19,21). The van der Waals surface area contributed by atoms with Crippen molar-refractivity contribution in [2.45, 2.75) is 32.7 Å². The Bertz CT molecular complexity index is 583. The average Bonchev–Trinajstić information content (AvgIpc) is 2.40. The number of nitrogens with zero attached hydrogens (tertiary/aromatic N) is 1. The van der Waals surface area contributed by atoms with Crippen LogP contribution in [0.5, 0.6) is 0 Å². The van der Waals surface area contributed by atoms with Gasteiger partial charge in [0, 0.05) is 6.04 Å². The Balaban J connectivity index is 2.37. The molecule has 1 saturated heterocycles. The lowest BCUT2D eigenvalue weighted by molar-refractivity contribution is -0.140. The van der Waals surface area contributed by atoms with Crippen molar-refractivity contribution in [3.63, 3.8) is 0 Å². The van der Waals surface area contributed by atoms with E-state index in [1.54, 1.807) is 6.92 Å². The zero-order chi connectivity index (χ0) is 15.7. The largest absolute Gasteiger partial charge is 0.331 e. The van der Waals surface area contributed by atoms with E-state index < -0.39 is 29.6 Å². The smallest absolute Gasteiger partial charge is 0.277 e. The molecule has 1 N–H and O–H groups in total. The Hall–Kier alpha value is -2.24. The molecule has 1 aliphatic heterocycles. The van der Waals surface area contributed by atoms with Gasteiger partial charge in [0.2, 0.25) is 11.8 Å². The van der Waals surface area contributed by atoms with Crippen molar-refractivity contribution >= 4 is 17.8 Å². The topological polar surface area (TPSA) is 66.5 Å². The summed E-state index contributed by atoms with van der Waals surface area (Å²) < 4.78 is 13.0. The van der Waals surface area contributed by atoms with Crippen molar-refractivity contribution in [2.24, 2.45) is 5.92 Å². The number of carbonyl (C=O) groups excluding carboxylic acids is 3. The van der Waals surface area contributed by atoms with Crippen LogP contribution < -0.4 is 5.32 Å². The van der Waals surface area contributed by atoms with E-state index in [1.807, 2.05) is 13.8 Å². The van der Waals surface area contributed by atoms with Gasteiger partial charge in [-0.25, -0.2) is 9.18 Å². The molecule has 2 atom stereocenters. The van der Waals surface area contributed by atoms with Gasteiger partial charge in [0.15, 0.2) is 0 Å². The van der Waals surface area contributed by atoms with Crippen molar-refractivity contribution < 1.29 is 18.8 Å². The summed E-state index contributed by atoms with van der Waals surface area (Å²) in [5.41, 5.74) is 0.368. The fourth-order valence-electron chi connectivity index (χ4n) is 2.22. The number of halogens is 1. The van der Waals surface area contributed by atoms with Gasteiger partial charge < -0.3 is 0 Å². The Labute approximate surface area is 122 Å². The fraction of sp³-hybridized carbons (Fsp3) is 0.400. The molecule has 1 aromatic rings. The molecule has 0 radical (unpaired) electrons. The molecule has 0 aliphatic carbocycles. The van der Waals surface area contributed by atoms with Gasteiger partial charge in [0.1, 0.15) is 11.7 Å². The quantitative estimate of drug-likeness (QED) is 0.867. The van der Waals surface area contributed by atoms with E-state index in [-0.39, 0.29) is 12.0 Å². The lowest BCUT2D eigenvalue weighted by Crippen LogP contribution is -2.60. The number of urea groups is 1. The summed E-state index contributed by atoms with van der Waals surface area (Å²) in [5.74, 6) is -2.77. The van der Waals surface area contributed by atoms with Crippen LogP contribution in [0.4, 0.5) is 9.18 Å². The number of nitrogens with one attached hydrogen (secondary N) is 1. The van der Waals surface area contributed by atoms with Gasteiger partial charge in [-0.1, -0.05) is 26.0 Å².